The van der Waals surface area contributed by atoms with Crippen molar-refractivity contribution < 1.29 is 0 Å². The van der Waals surface area contributed by atoms with Crippen molar-refractivity contribution in [1.82, 2.24) is 9.78 Å². The molecule has 2 aromatic rings. The van der Waals surface area contributed by atoms with Gasteiger partial charge in [-0.05, 0) is 62.4 Å². The molecule has 0 aliphatic carbocycles. The Morgan fingerprint density at radius 2 is 1.91 bits per heavy atom. The van der Waals surface area contributed by atoms with Gasteiger partial charge in [0.1, 0.15) is 0 Å². The number of anilines is 1. The first-order chi connectivity index (χ1) is 10.6. The van der Waals surface area contributed by atoms with Gasteiger partial charge in [-0.25, -0.2) is 0 Å². The molecule has 0 bridgehead atoms. The van der Waals surface area contributed by atoms with Gasteiger partial charge in [-0.2, -0.15) is 5.10 Å². The number of aryl methyl sites for hydroxylation is 2. The van der Waals surface area contributed by atoms with Crippen molar-refractivity contribution in [3.05, 3.63) is 35.7 Å². The smallest absolute Gasteiger partial charge is 0.0568 e. The maximum atomic E-state index is 4.47. The van der Waals surface area contributed by atoms with Crippen molar-refractivity contribution in [2.75, 3.05) is 18.5 Å². The minimum atomic E-state index is 0.410. The minimum Gasteiger partial charge on any atom is -0.374 e. The van der Waals surface area contributed by atoms with E-state index in [9.17, 15) is 0 Å². The van der Waals surface area contributed by atoms with Crippen LogP contribution in [-0.4, -0.2) is 23.4 Å². The number of hydrogen-bond donors (Lipinski definition) is 0. The Morgan fingerprint density at radius 1 is 1.18 bits per heavy atom. The zero-order valence-electron chi connectivity index (χ0n) is 14.8. The van der Waals surface area contributed by atoms with Gasteiger partial charge in [-0.1, -0.05) is 13.8 Å². The second-order valence-corrected chi connectivity index (χ2v) is 6.12. The second-order valence-electron chi connectivity index (χ2n) is 6.12. The van der Waals surface area contributed by atoms with Crippen molar-refractivity contribution in [3.8, 4) is 11.1 Å². The van der Waals surface area contributed by atoms with Crippen LogP contribution in [0.25, 0.3) is 11.1 Å². The molecule has 120 valence electrons. The standard InChI is InChI=1S/C17H23N3.C2H6/c1-12(2)20-11-15(10-18-20)16-9-14-6-5-7-19(4)17(14)8-13(16)3;1-2/h8-12H,5-7H2,1-4H3;1-2H3. The summed E-state index contributed by atoms with van der Waals surface area (Å²) >= 11 is 0. The molecule has 3 rings (SSSR count). The Labute approximate surface area is 135 Å². The lowest BCUT2D eigenvalue weighted by molar-refractivity contribution is 0.532. The summed E-state index contributed by atoms with van der Waals surface area (Å²) in [6.07, 6.45) is 6.58. The maximum Gasteiger partial charge on any atom is 0.0568 e. The summed E-state index contributed by atoms with van der Waals surface area (Å²) in [5.41, 5.74) is 6.75. The molecule has 1 aromatic carbocycles. The van der Waals surface area contributed by atoms with Crippen LogP contribution in [0, 0.1) is 6.92 Å². The van der Waals surface area contributed by atoms with Crippen molar-refractivity contribution in [2.45, 2.75) is 53.5 Å². The van der Waals surface area contributed by atoms with Gasteiger partial charge in [-0.3, -0.25) is 4.68 Å². The lowest BCUT2D eigenvalue weighted by atomic mass is 9.94. The third kappa shape index (κ3) is 3.18. The molecule has 0 unspecified atom stereocenters. The molecule has 1 aliphatic heterocycles. The van der Waals surface area contributed by atoms with E-state index in [1.165, 1.54) is 40.8 Å². The summed E-state index contributed by atoms with van der Waals surface area (Å²) in [6, 6.07) is 5.10. The van der Waals surface area contributed by atoms with Crippen LogP contribution in [0.1, 0.15) is 51.3 Å². The summed E-state index contributed by atoms with van der Waals surface area (Å²) in [4.78, 5) is 2.37. The van der Waals surface area contributed by atoms with E-state index in [1.807, 2.05) is 24.7 Å². The Bertz CT molecular complexity index is 626. The number of aromatic nitrogens is 2. The summed E-state index contributed by atoms with van der Waals surface area (Å²) < 4.78 is 2.03. The summed E-state index contributed by atoms with van der Waals surface area (Å²) in [5, 5.41) is 4.47. The van der Waals surface area contributed by atoms with Gasteiger partial charge >= 0.3 is 0 Å². The van der Waals surface area contributed by atoms with Crippen LogP contribution >= 0.6 is 0 Å². The normalized spacial score (nSPS) is 13.7. The highest BCUT2D eigenvalue weighted by molar-refractivity contribution is 5.72. The Balaban J connectivity index is 0.000000847. The fraction of sp³-hybridized carbons (Fsp3) is 0.526. The molecule has 0 amide bonds. The molecule has 0 saturated heterocycles. The number of benzene rings is 1. The van der Waals surface area contributed by atoms with E-state index in [-0.39, 0.29) is 0 Å². The molecule has 22 heavy (non-hydrogen) atoms. The topological polar surface area (TPSA) is 21.1 Å². The molecule has 0 N–H and O–H groups in total. The van der Waals surface area contributed by atoms with E-state index < -0.39 is 0 Å². The van der Waals surface area contributed by atoms with Crippen molar-refractivity contribution in [1.29, 1.82) is 0 Å². The number of hydrogen-bond acceptors (Lipinski definition) is 2. The lowest BCUT2D eigenvalue weighted by Crippen LogP contribution is -2.24. The molecule has 3 nitrogen and oxygen atoms in total. The Morgan fingerprint density at radius 3 is 2.55 bits per heavy atom. The second kappa shape index (κ2) is 6.99. The molecule has 1 aliphatic rings. The highest BCUT2D eigenvalue weighted by Gasteiger charge is 2.17. The molecule has 0 saturated carbocycles. The van der Waals surface area contributed by atoms with E-state index in [1.54, 1.807) is 0 Å². The molecule has 2 heterocycles. The van der Waals surface area contributed by atoms with E-state index in [2.05, 4.69) is 56.1 Å². The average molecular weight is 299 g/mol. The number of nitrogens with zero attached hydrogens (tertiary/aromatic N) is 3. The first-order valence-electron chi connectivity index (χ1n) is 8.45. The van der Waals surface area contributed by atoms with E-state index in [0.29, 0.717) is 6.04 Å². The van der Waals surface area contributed by atoms with Crippen molar-refractivity contribution >= 4 is 5.69 Å². The molecule has 0 spiro atoms. The van der Waals surface area contributed by atoms with Crippen LogP contribution in [0.4, 0.5) is 5.69 Å². The lowest BCUT2D eigenvalue weighted by Gasteiger charge is -2.28. The molecule has 0 fully saturated rings. The fourth-order valence-corrected chi connectivity index (χ4v) is 2.99. The highest BCUT2D eigenvalue weighted by atomic mass is 15.3. The van der Waals surface area contributed by atoms with Gasteiger partial charge in [0, 0.05) is 37.1 Å². The SMILES string of the molecule is CC.Cc1cc2c(cc1-c1cnn(C(C)C)c1)CCCN2C. The molecule has 0 radical (unpaired) electrons. The van der Waals surface area contributed by atoms with Gasteiger partial charge in [-0.15, -0.1) is 0 Å². The van der Waals surface area contributed by atoms with Crippen LogP contribution in [0.3, 0.4) is 0 Å². The third-order valence-electron chi connectivity index (χ3n) is 4.22. The average Bonchev–Trinajstić information content (AvgIpc) is 3.00. The van der Waals surface area contributed by atoms with Crippen molar-refractivity contribution in [2.24, 2.45) is 0 Å². The molecule has 3 heteroatoms. The van der Waals surface area contributed by atoms with Crippen molar-refractivity contribution in [3.63, 3.8) is 0 Å². The van der Waals surface area contributed by atoms with Crippen LogP contribution in [0.2, 0.25) is 0 Å². The number of rotatable bonds is 2. The molecule has 0 atom stereocenters. The monoisotopic (exact) mass is 299 g/mol. The maximum absolute atomic E-state index is 4.47. The van der Waals surface area contributed by atoms with E-state index in [4.69, 9.17) is 0 Å². The van der Waals surface area contributed by atoms with Gasteiger partial charge in [0.25, 0.3) is 0 Å². The van der Waals surface area contributed by atoms with Crippen LogP contribution < -0.4 is 4.90 Å². The predicted molar refractivity (Wildman–Crippen MR) is 95.7 cm³/mol. The zero-order valence-corrected chi connectivity index (χ0v) is 14.8. The summed E-state index contributed by atoms with van der Waals surface area (Å²) in [7, 11) is 2.19. The molecular formula is C19H29N3. The fourth-order valence-electron chi connectivity index (χ4n) is 2.99. The minimum absolute atomic E-state index is 0.410. The van der Waals surface area contributed by atoms with Crippen LogP contribution in [0.15, 0.2) is 24.5 Å². The first-order valence-corrected chi connectivity index (χ1v) is 8.45. The van der Waals surface area contributed by atoms with Gasteiger partial charge in [0.15, 0.2) is 0 Å². The summed E-state index contributed by atoms with van der Waals surface area (Å²) in [6.45, 7) is 11.7. The van der Waals surface area contributed by atoms with Gasteiger partial charge in [0.05, 0.1) is 6.20 Å². The summed E-state index contributed by atoms with van der Waals surface area (Å²) in [5.74, 6) is 0. The Hall–Kier alpha value is -1.77. The Kier molecular flexibility index (Phi) is 5.28. The zero-order chi connectivity index (χ0) is 16.3. The van der Waals surface area contributed by atoms with Gasteiger partial charge < -0.3 is 4.90 Å². The van der Waals surface area contributed by atoms with Crippen LogP contribution in [0.5, 0.6) is 0 Å². The largest absolute Gasteiger partial charge is 0.374 e. The molecule has 1 aromatic heterocycles. The molecular weight excluding hydrogens is 270 g/mol. The predicted octanol–water partition coefficient (Wildman–Crippen LogP) is 4.85. The van der Waals surface area contributed by atoms with Crippen LogP contribution in [-0.2, 0) is 6.42 Å². The van der Waals surface area contributed by atoms with Gasteiger partial charge in [0.2, 0.25) is 0 Å². The first kappa shape index (κ1) is 16.6. The number of fused-ring (bicyclic) bond motifs is 1. The van der Waals surface area contributed by atoms with E-state index in [0.717, 1.165) is 6.54 Å². The van der Waals surface area contributed by atoms with E-state index >= 15 is 0 Å². The quantitative estimate of drug-likeness (QED) is 0.790. The highest BCUT2D eigenvalue weighted by Crippen LogP contribution is 2.33. The third-order valence-corrected chi connectivity index (χ3v) is 4.22.